The second-order valence-corrected chi connectivity index (χ2v) is 4.55. The van der Waals surface area contributed by atoms with E-state index in [-0.39, 0.29) is 23.7 Å². The molecule has 1 rings (SSSR count). The maximum Gasteiger partial charge on any atom is 0.308 e. The van der Waals surface area contributed by atoms with Crippen LogP contribution in [0.3, 0.4) is 0 Å². The number of carbonyl (C=O) groups is 3. The van der Waals surface area contributed by atoms with Crippen molar-refractivity contribution in [1.29, 1.82) is 0 Å². The predicted octanol–water partition coefficient (Wildman–Crippen LogP) is 0.672. The highest BCUT2D eigenvalue weighted by Gasteiger charge is 2.18. The molecule has 7 nitrogen and oxygen atoms in total. The van der Waals surface area contributed by atoms with Gasteiger partial charge in [-0.05, 0) is 18.6 Å². The highest BCUT2D eigenvalue weighted by Crippen LogP contribution is 2.06. The zero-order valence-corrected chi connectivity index (χ0v) is 12.0. The lowest BCUT2D eigenvalue weighted by Gasteiger charge is -2.12. The number of nitrogens with one attached hydrogen (secondary N) is 2. The summed E-state index contributed by atoms with van der Waals surface area (Å²) in [7, 11) is 1.49. The number of hydrogen-bond acceptors (Lipinski definition) is 4. The van der Waals surface area contributed by atoms with Crippen LogP contribution in [0.4, 0.5) is 0 Å². The topological polar surface area (TPSA) is 108 Å². The molecule has 7 heteroatoms. The van der Waals surface area contributed by atoms with E-state index in [9.17, 15) is 14.4 Å². The Kier molecular flexibility index (Phi) is 6.32. The molecule has 1 aromatic rings. The van der Waals surface area contributed by atoms with Gasteiger partial charge in [-0.2, -0.15) is 0 Å². The molecule has 3 N–H and O–H groups in total. The lowest BCUT2D eigenvalue weighted by molar-refractivity contribution is -0.141. The maximum absolute atomic E-state index is 11.9. The number of carboxylic acid groups (broad SMARTS) is 1. The predicted molar refractivity (Wildman–Crippen MR) is 76.0 cm³/mol. The molecule has 21 heavy (non-hydrogen) atoms. The molecule has 0 spiro atoms. The van der Waals surface area contributed by atoms with Gasteiger partial charge in [0.25, 0.3) is 11.8 Å². The fourth-order valence-electron chi connectivity index (χ4n) is 1.77. The zero-order valence-electron chi connectivity index (χ0n) is 12.0. The molecule has 0 bridgehead atoms. The molecule has 1 unspecified atom stereocenters. The summed E-state index contributed by atoms with van der Waals surface area (Å²) >= 11 is 0. The second-order valence-electron chi connectivity index (χ2n) is 4.55. The Labute approximate surface area is 122 Å². The van der Waals surface area contributed by atoms with E-state index in [1.54, 1.807) is 0 Å². The van der Waals surface area contributed by atoms with Crippen LogP contribution in [0.2, 0.25) is 0 Å². The standard InChI is InChI=1S/C14H19N3O4/c1-3-4-10(14(20)21)8-17-12(18)9-5-6-11(16-7-9)13(19)15-2/h5-7,10H,3-4,8H2,1-2H3,(H,15,19)(H,17,18)(H,20,21). The van der Waals surface area contributed by atoms with Crippen LogP contribution < -0.4 is 10.6 Å². The SMILES string of the molecule is CCCC(CNC(=O)c1ccc(C(=O)NC)nc1)C(=O)O. The van der Waals surface area contributed by atoms with Gasteiger partial charge in [0, 0.05) is 19.8 Å². The fourth-order valence-corrected chi connectivity index (χ4v) is 1.77. The molecule has 0 saturated heterocycles. The van der Waals surface area contributed by atoms with E-state index in [4.69, 9.17) is 5.11 Å². The number of rotatable bonds is 7. The minimum atomic E-state index is -0.926. The first-order valence-electron chi connectivity index (χ1n) is 6.68. The van der Waals surface area contributed by atoms with E-state index in [2.05, 4.69) is 15.6 Å². The van der Waals surface area contributed by atoms with Gasteiger partial charge < -0.3 is 15.7 Å². The Morgan fingerprint density at radius 3 is 2.48 bits per heavy atom. The van der Waals surface area contributed by atoms with E-state index < -0.39 is 17.8 Å². The molecule has 0 radical (unpaired) electrons. The van der Waals surface area contributed by atoms with Crippen molar-refractivity contribution in [2.75, 3.05) is 13.6 Å². The maximum atomic E-state index is 11.9. The first kappa shape index (κ1) is 16.6. The van der Waals surface area contributed by atoms with Crippen LogP contribution in [-0.4, -0.2) is 41.5 Å². The Hall–Kier alpha value is -2.44. The van der Waals surface area contributed by atoms with Crippen LogP contribution in [0.5, 0.6) is 0 Å². The van der Waals surface area contributed by atoms with Crippen LogP contribution in [0.25, 0.3) is 0 Å². The molecule has 0 aliphatic rings. The van der Waals surface area contributed by atoms with Crippen molar-refractivity contribution in [2.24, 2.45) is 5.92 Å². The molecule has 1 atom stereocenters. The number of pyridine rings is 1. The van der Waals surface area contributed by atoms with E-state index >= 15 is 0 Å². The van der Waals surface area contributed by atoms with Gasteiger partial charge in [-0.15, -0.1) is 0 Å². The van der Waals surface area contributed by atoms with Gasteiger partial charge in [-0.1, -0.05) is 13.3 Å². The number of carbonyl (C=O) groups excluding carboxylic acids is 2. The van der Waals surface area contributed by atoms with Crippen molar-refractivity contribution in [3.8, 4) is 0 Å². The number of amides is 2. The van der Waals surface area contributed by atoms with Crippen LogP contribution in [0.15, 0.2) is 18.3 Å². The van der Waals surface area contributed by atoms with Crippen LogP contribution in [0.1, 0.15) is 40.6 Å². The van der Waals surface area contributed by atoms with Crippen LogP contribution in [-0.2, 0) is 4.79 Å². The molecule has 0 saturated carbocycles. The number of nitrogens with zero attached hydrogens (tertiary/aromatic N) is 1. The van der Waals surface area contributed by atoms with Crippen molar-refractivity contribution in [1.82, 2.24) is 15.6 Å². The molecule has 0 aromatic carbocycles. The van der Waals surface area contributed by atoms with Crippen molar-refractivity contribution >= 4 is 17.8 Å². The van der Waals surface area contributed by atoms with Gasteiger partial charge >= 0.3 is 5.97 Å². The molecule has 1 aromatic heterocycles. The molecule has 2 amide bonds. The summed E-state index contributed by atoms with van der Waals surface area (Å²) in [6.45, 7) is 1.96. The van der Waals surface area contributed by atoms with Crippen molar-refractivity contribution < 1.29 is 19.5 Å². The van der Waals surface area contributed by atoms with E-state index in [1.165, 1.54) is 25.4 Å². The normalized spacial score (nSPS) is 11.5. The first-order valence-corrected chi connectivity index (χ1v) is 6.68. The molecule has 1 heterocycles. The van der Waals surface area contributed by atoms with Gasteiger partial charge in [0.1, 0.15) is 5.69 Å². The third-order valence-electron chi connectivity index (χ3n) is 2.98. The van der Waals surface area contributed by atoms with E-state index in [0.717, 1.165) is 6.42 Å². The zero-order chi connectivity index (χ0) is 15.8. The lowest BCUT2D eigenvalue weighted by atomic mass is 10.0. The minimum Gasteiger partial charge on any atom is -0.481 e. The average Bonchev–Trinajstić information content (AvgIpc) is 2.50. The van der Waals surface area contributed by atoms with E-state index in [1.807, 2.05) is 6.92 Å². The minimum absolute atomic E-state index is 0.0687. The number of aliphatic carboxylic acids is 1. The summed E-state index contributed by atoms with van der Waals surface area (Å²) in [4.78, 5) is 38.1. The summed E-state index contributed by atoms with van der Waals surface area (Å²) in [5, 5.41) is 14.0. The van der Waals surface area contributed by atoms with Crippen LogP contribution in [0, 0.1) is 5.92 Å². The summed E-state index contributed by atoms with van der Waals surface area (Å²) in [5.41, 5.74) is 0.492. The highest BCUT2D eigenvalue weighted by atomic mass is 16.4. The second kappa shape index (κ2) is 7.98. The Morgan fingerprint density at radius 1 is 1.29 bits per heavy atom. The smallest absolute Gasteiger partial charge is 0.308 e. The van der Waals surface area contributed by atoms with Gasteiger partial charge in [0.2, 0.25) is 0 Å². The summed E-state index contributed by atoms with van der Waals surface area (Å²) in [5.74, 6) is -2.27. The van der Waals surface area contributed by atoms with Gasteiger partial charge in [-0.3, -0.25) is 19.4 Å². The largest absolute Gasteiger partial charge is 0.481 e. The fraction of sp³-hybridized carbons (Fsp3) is 0.429. The number of carboxylic acids is 1. The van der Waals surface area contributed by atoms with Crippen molar-refractivity contribution in [2.45, 2.75) is 19.8 Å². The average molecular weight is 293 g/mol. The monoisotopic (exact) mass is 293 g/mol. The van der Waals surface area contributed by atoms with Crippen molar-refractivity contribution in [3.05, 3.63) is 29.6 Å². The third kappa shape index (κ3) is 4.87. The van der Waals surface area contributed by atoms with Gasteiger partial charge in [0.15, 0.2) is 0 Å². The number of aromatic nitrogens is 1. The quantitative estimate of drug-likeness (QED) is 0.684. The molecular weight excluding hydrogens is 274 g/mol. The first-order chi connectivity index (χ1) is 9.99. The van der Waals surface area contributed by atoms with Gasteiger partial charge in [-0.25, -0.2) is 0 Å². The molecule has 0 aliphatic heterocycles. The Balaban J connectivity index is 2.63. The Morgan fingerprint density at radius 2 is 2.00 bits per heavy atom. The molecule has 0 fully saturated rings. The Bertz CT molecular complexity index is 513. The molecular formula is C14H19N3O4. The number of hydrogen-bond donors (Lipinski definition) is 3. The highest BCUT2D eigenvalue weighted by molar-refractivity contribution is 5.96. The van der Waals surface area contributed by atoms with E-state index in [0.29, 0.717) is 6.42 Å². The lowest BCUT2D eigenvalue weighted by Crippen LogP contribution is -2.33. The molecule has 0 aliphatic carbocycles. The molecule has 114 valence electrons. The summed E-state index contributed by atoms with van der Waals surface area (Å²) < 4.78 is 0. The summed E-state index contributed by atoms with van der Waals surface area (Å²) in [6, 6.07) is 2.91. The van der Waals surface area contributed by atoms with Crippen LogP contribution >= 0.6 is 0 Å². The summed E-state index contributed by atoms with van der Waals surface area (Å²) in [6.07, 6.45) is 2.52. The van der Waals surface area contributed by atoms with Crippen molar-refractivity contribution in [3.63, 3.8) is 0 Å². The van der Waals surface area contributed by atoms with Gasteiger partial charge in [0.05, 0.1) is 11.5 Å². The third-order valence-corrected chi connectivity index (χ3v) is 2.98.